The Labute approximate surface area is 110 Å². The molecule has 2 nitrogen and oxygen atoms in total. The summed E-state index contributed by atoms with van der Waals surface area (Å²) >= 11 is 3.58. The fourth-order valence-corrected chi connectivity index (χ4v) is 3.77. The van der Waals surface area contributed by atoms with Gasteiger partial charge in [0.15, 0.2) is 0 Å². The molecule has 3 rings (SSSR count). The Kier molecular flexibility index (Phi) is 3.57. The molecule has 0 spiro atoms. The van der Waals surface area contributed by atoms with Gasteiger partial charge in [-0.2, -0.15) is 22.7 Å². The van der Waals surface area contributed by atoms with Crippen LogP contribution in [-0.2, 0) is 0 Å². The van der Waals surface area contributed by atoms with Gasteiger partial charge >= 0.3 is 0 Å². The highest BCUT2D eigenvalue weighted by Gasteiger charge is 2.24. The van der Waals surface area contributed by atoms with Gasteiger partial charge in [0, 0.05) is 26.2 Å². The second kappa shape index (κ2) is 5.31. The van der Waals surface area contributed by atoms with E-state index >= 15 is 0 Å². The number of rotatable bonds is 3. The van der Waals surface area contributed by atoms with E-state index < -0.39 is 0 Å². The first-order valence-corrected chi connectivity index (χ1v) is 7.82. The smallest absolute Gasteiger partial charge is 0.0619 e. The van der Waals surface area contributed by atoms with E-state index in [-0.39, 0.29) is 0 Å². The molecule has 0 unspecified atom stereocenters. The second-order valence-electron chi connectivity index (χ2n) is 4.30. The fraction of sp³-hybridized carbons (Fsp3) is 0.385. The van der Waals surface area contributed by atoms with Gasteiger partial charge in [-0.25, -0.2) is 0 Å². The van der Waals surface area contributed by atoms with Crippen LogP contribution in [0.15, 0.2) is 33.7 Å². The lowest BCUT2D eigenvalue weighted by Crippen LogP contribution is -2.45. The van der Waals surface area contributed by atoms with Gasteiger partial charge in [0.25, 0.3) is 0 Å². The SMILES string of the molecule is c1cc(C(c2ccsc2)N2CCNCC2)cs1. The molecule has 2 aromatic rings. The summed E-state index contributed by atoms with van der Waals surface area (Å²) in [5, 5.41) is 12.3. The van der Waals surface area contributed by atoms with Crippen molar-refractivity contribution in [2.45, 2.75) is 6.04 Å². The monoisotopic (exact) mass is 264 g/mol. The molecule has 1 aliphatic rings. The number of hydrogen-bond donors (Lipinski definition) is 1. The Hall–Kier alpha value is -0.680. The molecular weight excluding hydrogens is 248 g/mol. The van der Waals surface area contributed by atoms with E-state index in [1.54, 1.807) is 22.7 Å². The molecule has 0 aromatic carbocycles. The number of thiophene rings is 2. The first-order chi connectivity index (χ1) is 8.45. The molecular formula is C13H16N2S2. The molecule has 4 heteroatoms. The highest BCUT2D eigenvalue weighted by atomic mass is 32.1. The number of nitrogens with one attached hydrogen (secondary N) is 1. The Morgan fingerprint density at radius 3 is 2.06 bits per heavy atom. The summed E-state index contributed by atoms with van der Waals surface area (Å²) in [5.41, 5.74) is 2.88. The van der Waals surface area contributed by atoms with Gasteiger partial charge in [0.05, 0.1) is 6.04 Å². The average molecular weight is 264 g/mol. The largest absolute Gasteiger partial charge is 0.314 e. The predicted molar refractivity (Wildman–Crippen MR) is 74.9 cm³/mol. The Balaban J connectivity index is 1.91. The van der Waals surface area contributed by atoms with Crippen molar-refractivity contribution in [3.8, 4) is 0 Å². The molecule has 17 heavy (non-hydrogen) atoms. The maximum absolute atomic E-state index is 3.42. The van der Waals surface area contributed by atoms with Crippen LogP contribution in [0.4, 0.5) is 0 Å². The summed E-state index contributed by atoms with van der Waals surface area (Å²) < 4.78 is 0. The number of hydrogen-bond acceptors (Lipinski definition) is 4. The molecule has 0 aliphatic carbocycles. The third kappa shape index (κ3) is 2.45. The minimum absolute atomic E-state index is 0.453. The van der Waals surface area contributed by atoms with Crippen LogP contribution < -0.4 is 5.32 Å². The van der Waals surface area contributed by atoms with Crippen molar-refractivity contribution in [3.05, 3.63) is 44.8 Å². The van der Waals surface area contributed by atoms with Crippen LogP contribution in [-0.4, -0.2) is 31.1 Å². The first-order valence-electron chi connectivity index (χ1n) is 5.94. The van der Waals surface area contributed by atoms with Crippen molar-refractivity contribution in [2.24, 2.45) is 0 Å². The number of piperazine rings is 1. The topological polar surface area (TPSA) is 15.3 Å². The third-order valence-electron chi connectivity index (χ3n) is 3.23. The highest BCUT2D eigenvalue weighted by Crippen LogP contribution is 2.31. The Bertz CT molecular complexity index is 396. The highest BCUT2D eigenvalue weighted by molar-refractivity contribution is 7.08. The maximum atomic E-state index is 3.42. The normalized spacial score (nSPS) is 17.7. The lowest BCUT2D eigenvalue weighted by molar-refractivity contribution is 0.199. The molecule has 0 bridgehead atoms. The van der Waals surface area contributed by atoms with E-state index in [1.165, 1.54) is 11.1 Å². The molecule has 1 fully saturated rings. The lowest BCUT2D eigenvalue weighted by atomic mass is 10.0. The van der Waals surface area contributed by atoms with E-state index in [0.717, 1.165) is 26.2 Å². The van der Waals surface area contributed by atoms with Crippen molar-refractivity contribution >= 4 is 22.7 Å². The first kappa shape index (κ1) is 11.4. The predicted octanol–water partition coefficient (Wildman–Crippen LogP) is 2.80. The summed E-state index contributed by atoms with van der Waals surface area (Å²) in [4.78, 5) is 2.58. The molecule has 0 radical (unpaired) electrons. The molecule has 0 amide bonds. The van der Waals surface area contributed by atoms with Crippen molar-refractivity contribution in [1.29, 1.82) is 0 Å². The van der Waals surface area contributed by atoms with Gasteiger partial charge < -0.3 is 5.32 Å². The number of nitrogens with zero attached hydrogens (tertiary/aromatic N) is 1. The standard InChI is InChI=1S/C13H16N2S2/c1-7-16-9-11(1)13(12-2-8-17-10-12)15-5-3-14-4-6-15/h1-2,7-10,13-14H,3-6H2. The van der Waals surface area contributed by atoms with Crippen molar-refractivity contribution in [1.82, 2.24) is 10.2 Å². The molecule has 1 aliphatic heterocycles. The van der Waals surface area contributed by atoms with Crippen LogP contribution in [0.5, 0.6) is 0 Å². The van der Waals surface area contributed by atoms with Gasteiger partial charge in [0.2, 0.25) is 0 Å². The van der Waals surface area contributed by atoms with Crippen LogP contribution in [0.1, 0.15) is 17.2 Å². The zero-order valence-electron chi connectivity index (χ0n) is 9.63. The van der Waals surface area contributed by atoms with Crippen LogP contribution >= 0.6 is 22.7 Å². The quantitative estimate of drug-likeness (QED) is 0.917. The van der Waals surface area contributed by atoms with E-state index in [2.05, 4.69) is 43.9 Å². The summed E-state index contributed by atoms with van der Waals surface area (Å²) in [5.74, 6) is 0. The summed E-state index contributed by atoms with van der Waals surface area (Å²) in [6, 6.07) is 4.97. The van der Waals surface area contributed by atoms with Crippen molar-refractivity contribution in [3.63, 3.8) is 0 Å². The van der Waals surface area contributed by atoms with E-state index in [1.807, 2.05) is 0 Å². The minimum Gasteiger partial charge on any atom is -0.314 e. The molecule has 0 atom stereocenters. The molecule has 3 heterocycles. The van der Waals surface area contributed by atoms with Gasteiger partial charge in [0.1, 0.15) is 0 Å². The Morgan fingerprint density at radius 2 is 1.59 bits per heavy atom. The van der Waals surface area contributed by atoms with Crippen LogP contribution in [0.25, 0.3) is 0 Å². The molecule has 0 saturated carbocycles. The molecule has 2 aromatic heterocycles. The van der Waals surface area contributed by atoms with Crippen LogP contribution in [0.2, 0.25) is 0 Å². The summed E-state index contributed by atoms with van der Waals surface area (Å²) in [6.07, 6.45) is 0. The van der Waals surface area contributed by atoms with Gasteiger partial charge in [-0.3, -0.25) is 4.90 Å². The molecule has 1 saturated heterocycles. The zero-order chi connectivity index (χ0) is 11.5. The lowest BCUT2D eigenvalue weighted by Gasteiger charge is -2.34. The zero-order valence-corrected chi connectivity index (χ0v) is 11.3. The average Bonchev–Trinajstić information content (AvgIpc) is 3.04. The van der Waals surface area contributed by atoms with Crippen LogP contribution in [0.3, 0.4) is 0 Å². The van der Waals surface area contributed by atoms with Gasteiger partial charge in [-0.15, -0.1) is 0 Å². The summed E-state index contributed by atoms with van der Waals surface area (Å²) in [7, 11) is 0. The minimum atomic E-state index is 0.453. The van der Waals surface area contributed by atoms with Crippen molar-refractivity contribution < 1.29 is 0 Å². The molecule has 1 N–H and O–H groups in total. The Morgan fingerprint density at radius 1 is 1.00 bits per heavy atom. The maximum Gasteiger partial charge on any atom is 0.0619 e. The van der Waals surface area contributed by atoms with E-state index in [0.29, 0.717) is 6.04 Å². The molecule has 90 valence electrons. The second-order valence-corrected chi connectivity index (χ2v) is 5.86. The van der Waals surface area contributed by atoms with Crippen LogP contribution in [0, 0.1) is 0 Å². The third-order valence-corrected chi connectivity index (χ3v) is 4.64. The fourth-order valence-electron chi connectivity index (χ4n) is 2.42. The van der Waals surface area contributed by atoms with E-state index in [4.69, 9.17) is 0 Å². The van der Waals surface area contributed by atoms with Gasteiger partial charge in [-0.1, -0.05) is 0 Å². The van der Waals surface area contributed by atoms with Crippen molar-refractivity contribution in [2.75, 3.05) is 26.2 Å². The summed E-state index contributed by atoms with van der Waals surface area (Å²) in [6.45, 7) is 4.47. The van der Waals surface area contributed by atoms with Gasteiger partial charge in [-0.05, 0) is 44.8 Å². The van der Waals surface area contributed by atoms with E-state index in [9.17, 15) is 0 Å².